The van der Waals surface area contributed by atoms with Crippen LogP contribution < -0.4 is 15.5 Å². The van der Waals surface area contributed by atoms with Crippen molar-refractivity contribution in [1.29, 1.82) is 0 Å². The molecule has 0 saturated carbocycles. The predicted octanol–water partition coefficient (Wildman–Crippen LogP) is 3.03. The summed E-state index contributed by atoms with van der Waals surface area (Å²) in [5.41, 5.74) is 3.49. The van der Waals surface area contributed by atoms with Crippen molar-refractivity contribution < 1.29 is 18.8 Å². The van der Waals surface area contributed by atoms with E-state index in [9.17, 15) is 18.8 Å². The number of likely N-dealkylation sites (N-methyl/N-ethyl adjacent to an activating group) is 1. The molecule has 3 aromatic rings. The quantitative estimate of drug-likeness (QED) is 0.541. The summed E-state index contributed by atoms with van der Waals surface area (Å²) >= 11 is 0. The lowest BCUT2D eigenvalue weighted by molar-refractivity contribution is -0.136. The summed E-state index contributed by atoms with van der Waals surface area (Å²) in [7, 11) is 1.63. The van der Waals surface area contributed by atoms with Crippen LogP contribution in [0.2, 0.25) is 0 Å². The van der Waals surface area contributed by atoms with Crippen molar-refractivity contribution in [3.8, 4) is 0 Å². The summed E-state index contributed by atoms with van der Waals surface area (Å²) in [6.07, 6.45) is -1.21. The number of carbonyl (C=O) groups excluding carboxylic acids is 3. The minimum absolute atomic E-state index is 0.146. The first kappa shape index (κ1) is 23.8. The molecule has 0 radical (unpaired) electrons. The van der Waals surface area contributed by atoms with Gasteiger partial charge >= 0.3 is 0 Å². The first-order chi connectivity index (χ1) is 16.8. The molecule has 1 aliphatic heterocycles. The van der Waals surface area contributed by atoms with Gasteiger partial charge in [-0.05, 0) is 30.7 Å². The molecule has 3 aromatic carbocycles. The van der Waals surface area contributed by atoms with E-state index < -0.39 is 29.8 Å². The molecule has 2 unspecified atom stereocenters. The molecule has 0 aliphatic carbocycles. The van der Waals surface area contributed by atoms with Gasteiger partial charge in [-0.15, -0.1) is 0 Å². The number of benzodiazepines with no additional fused rings is 1. The molecular weight excluding hydrogens is 447 g/mol. The maximum Gasteiger partial charge on any atom is 0.272 e. The summed E-state index contributed by atoms with van der Waals surface area (Å²) in [4.78, 5) is 44.8. The van der Waals surface area contributed by atoms with Gasteiger partial charge in [-0.25, -0.2) is 9.38 Å². The topological polar surface area (TPSA) is 90.9 Å². The van der Waals surface area contributed by atoms with E-state index >= 15 is 0 Å². The molecule has 178 valence electrons. The number of benzene rings is 3. The number of anilines is 1. The van der Waals surface area contributed by atoms with Crippen LogP contribution >= 0.6 is 0 Å². The van der Waals surface area contributed by atoms with Crippen molar-refractivity contribution in [1.82, 2.24) is 10.6 Å². The molecule has 1 aliphatic rings. The predicted molar refractivity (Wildman–Crippen MR) is 131 cm³/mol. The van der Waals surface area contributed by atoms with Gasteiger partial charge in [-0.3, -0.25) is 14.4 Å². The lowest BCUT2D eigenvalue weighted by Gasteiger charge is -2.21. The van der Waals surface area contributed by atoms with E-state index in [1.165, 1.54) is 24.0 Å². The standard InChI is InChI=1S/C27H25FN4O3/c1-17(25(33)29-16-18-12-14-20(28)15-13-18)26(34)31-24-27(35)32(2)22-11-7-6-10-21(22)23(30-24)19-8-4-3-5-9-19/h3-15,17,24H,16H2,1-2H3,(H,29,33)(H,31,34). The summed E-state index contributed by atoms with van der Waals surface area (Å²) in [6, 6.07) is 22.5. The molecule has 0 bridgehead atoms. The third-order valence-electron chi connectivity index (χ3n) is 5.84. The van der Waals surface area contributed by atoms with Crippen LogP contribution in [0.5, 0.6) is 0 Å². The Bertz CT molecular complexity index is 1280. The number of halogens is 1. The number of para-hydroxylation sites is 1. The van der Waals surface area contributed by atoms with Gasteiger partial charge < -0.3 is 15.5 Å². The Morgan fingerprint density at radius 2 is 1.63 bits per heavy atom. The van der Waals surface area contributed by atoms with Crippen LogP contribution in [-0.2, 0) is 20.9 Å². The first-order valence-corrected chi connectivity index (χ1v) is 11.2. The van der Waals surface area contributed by atoms with Crippen LogP contribution in [0, 0.1) is 11.7 Å². The van der Waals surface area contributed by atoms with E-state index in [-0.39, 0.29) is 12.4 Å². The molecule has 35 heavy (non-hydrogen) atoms. The fourth-order valence-corrected chi connectivity index (χ4v) is 3.77. The largest absolute Gasteiger partial charge is 0.351 e. The van der Waals surface area contributed by atoms with Crippen LogP contribution in [0.1, 0.15) is 23.6 Å². The zero-order valence-electron chi connectivity index (χ0n) is 19.4. The van der Waals surface area contributed by atoms with E-state index in [1.54, 1.807) is 19.2 Å². The van der Waals surface area contributed by atoms with Crippen LogP contribution in [0.4, 0.5) is 10.1 Å². The summed E-state index contributed by atoms with van der Waals surface area (Å²) in [5, 5.41) is 5.30. The number of rotatable bonds is 6. The molecule has 0 saturated heterocycles. The molecule has 1 heterocycles. The third kappa shape index (κ3) is 5.27. The van der Waals surface area contributed by atoms with E-state index in [0.29, 0.717) is 17.0 Å². The molecular formula is C27H25FN4O3. The van der Waals surface area contributed by atoms with E-state index in [1.807, 2.05) is 54.6 Å². The molecule has 0 spiro atoms. The Balaban J connectivity index is 1.54. The number of amides is 3. The third-order valence-corrected chi connectivity index (χ3v) is 5.84. The fourth-order valence-electron chi connectivity index (χ4n) is 3.77. The maximum absolute atomic E-state index is 13.2. The van der Waals surface area contributed by atoms with Gasteiger partial charge in [0.25, 0.3) is 5.91 Å². The lowest BCUT2D eigenvalue weighted by atomic mass is 10.0. The van der Waals surface area contributed by atoms with E-state index in [4.69, 9.17) is 0 Å². The van der Waals surface area contributed by atoms with Gasteiger partial charge in [0.15, 0.2) is 0 Å². The molecule has 7 nitrogen and oxygen atoms in total. The molecule has 3 amide bonds. The SMILES string of the molecule is CC(C(=O)NCc1ccc(F)cc1)C(=O)NC1N=C(c2ccccc2)c2ccccc2N(C)C1=O. The first-order valence-electron chi connectivity index (χ1n) is 11.2. The fraction of sp³-hybridized carbons (Fsp3) is 0.185. The zero-order chi connectivity index (χ0) is 24.9. The normalized spacial score (nSPS) is 16.0. The van der Waals surface area contributed by atoms with Crippen LogP contribution in [0.25, 0.3) is 0 Å². The van der Waals surface area contributed by atoms with E-state index in [0.717, 1.165) is 11.1 Å². The van der Waals surface area contributed by atoms with Crippen molar-refractivity contribution in [2.24, 2.45) is 10.9 Å². The van der Waals surface area contributed by atoms with Gasteiger partial charge in [0.05, 0.1) is 11.4 Å². The second-order valence-electron chi connectivity index (χ2n) is 8.24. The van der Waals surface area contributed by atoms with Crippen molar-refractivity contribution >= 4 is 29.1 Å². The Hall–Kier alpha value is -4.33. The number of fused-ring (bicyclic) bond motifs is 1. The van der Waals surface area contributed by atoms with Gasteiger partial charge in [0.2, 0.25) is 18.0 Å². The highest BCUT2D eigenvalue weighted by molar-refractivity contribution is 6.20. The number of nitrogens with zero attached hydrogens (tertiary/aromatic N) is 2. The number of aliphatic imine (C=N–C) groups is 1. The van der Waals surface area contributed by atoms with Gasteiger partial charge in [0.1, 0.15) is 11.7 Å². The van der Waals surface area contributed by atoms with Crippen molar-refractivity contribution in [2.45, 2.75) is 19.6 Å². The molecule has 0 fully saturated rings. The minimum atomic E-state index is -1.21. The average molecular weight is 473 g/mol. The molecule has 2 N–H and O–H groups in total. The Morgan fingerprint density at radius 1 is 0.971 bits per heavy atom. The summed E-state index contributed by atoms with van der Waals surface area (Å²) in [6.45, 7) is 1.60. The van der Waals surface area contributed by atoms with Crippen LogP contribution in [0.3, 0.4) is 0 Å². The van der Waals surface area contributed by atoms with Crippen LogP contribution in [0.15, 0.2) is 83.9 Å². The summed E-state index contributed by atoms with van der Waals surface area (Å²) in [5.74, 6) is -3.01. The van der Waals surface area contributed by atoms with Crippen molar-refractivity contribution in [3.05, 3.63) is 101 Å². The number of carbonyl (C=O) groups is 3. The number of hydrogen-bond donors (Lipinski definition) is 2. The smallest absolute Gasteiger partial charge is 0.272 e. The van der Waals surface area contributed by atoms with Crippen molar-refractivity contribution in [3.63, 3.8) is 0 Å². The molecule has 2 atom stereocenters. The Labute approximate surface area is 202 Å². The maximum atomic E-state index is 13.2. The monoisotopic (exact) mass is 472 g/mol. The number of nitrogens with one attached hydrogen (secondary N) is 2. The Morgan fingerprint density at radius 3 is 2.34 bits per heavy atom. The molecule has 8 heteroatoms. The molecule has 4 rings (SSSR count). The van der Waals surface area contributed by atoms with Crippen molar-refractivity contribution in [2.75, 3.05) is 11.9 Å². The average Bonchev–Trinajstić information content (AvgIpc) is 2.99. The highest BCUT2D eigenvalue weighted by atomic mass is 19.1. The highest BCUT2D eigenvalue weighted by Gasteiger charge is 2.33. The number of hydrogen-bond acceptors (Lipinski definition) is 4. The second-order valence-corrected chi connectivity index (χ2v) is 8.24. The Kier molecular flexibility index (Phi) is 7.01. The zero-order valence-corrected chi connectivity index (χ0v) is 19.4. The summed E-state index contributed by atoms with van der Waals surface area (Å²) < 4.78 is 13.1. The lowest BCUT2D eigenvalue weighted by Crippen LogP contribution is -2.49. The second kappa shape index (κ2) is 10.3. The van der Waals surface area contributed by atoms with Gasteiger partial charge in [-0.2, -0.15) is 0 Å². The van der Waals surface area contributed by atoms with Gasteiger partial charge in [-0.1, -0.05) is 60.7 Å². The highest BCUT2D eigenvalue weighted by Crippen LogP contribution is 2.27. The minimum Gasteiger partial charge on any atom is -0.351 e. The van der Waals surface area contributed by atoms with Crippen LogP contribution in [-0.4, -0.2) is 36.6 Å². The van der Waals surface area contributed by atoms with E-state index in [2.05, 4.69) is 15.6 Å². The van der Waals surface area contributed by atoms with Gasteiger partial charge in [0, 0.05) is 24.7 Å². The molecule has 0 aromatic heterocycles.